The van der Waals surface area contributed by atoms with Crippen LogP contribution in [0, 0.1) is 6.92 Å². The zero-order valence-corrected chi connectivity index (χ0v) is 12.3. The first kappa shape index (κ1) is 13.2. The summed E-state index contributed by atoms with van der Waals surface area (Å²) in [6.07, 6.45) is 7.17. The van der Waals surface area contributed by atoms with E-state index >= 15 is 0 Å². The van der Waals surface area contributed by atoms with Gasteiger partial charge in [0.15, 0.2) is 11.5 Å². The van der Waals surface area contributed by atoms with Crippen LogP contribution < -0.4 is 4.90 Å². The predicted octanol–water partition coefficient (Wildman–Crippen LogP) is 0.763. The minimum absolute atomic E-state index is 0.0842. The molecule has 1 aliphatic rings. The largest absolute Gasteiger partial charge is 0.373 e. The fraction of sp³-hybridized carbons (Fsp3) is 0.429. The summed E-state index contributed by atoms with van der Waals surface area (Å²) in [5.74, 6) is 0.882. The Morgan fingerprint density at radius 2 is 2.32 bits per heavy atom. The van der Waals surface area contributed by atoms with Crippen molar-refractivity contribution < 1.29 is 4.74 Å². The van der Waals surface area contributed by atoms with Gasteiger partial charge in [0.05, 0.1) is 31.8 Å². The van der Waals surface area contributed by atoms with E-state index in [1.807, 2.05) is 24.0 Å². The third kappa shape index (κ3) is 2.41. The highest BCUT2D eigenvalue weighted by molar-refractivity contribution is 5.82. The van der Waals surface area contributed by atoms with Crippen LogP contribution in [0.5, 0.6) is 0 Å². The number of nitrogens with zero attached hydrogens (tertiary/aromatic N) is 6. The van der Waals surface area contributed by atoms with Crippen LogP contribution >= 0.6 is 0 Å². The maximum atomic E-state index is 5.86. The molecule has 1 atom stereocenters. The monoisotopic (exact) mass is 299 g/mol. The SMILES string of the molecule is Cc1cnn(CC2CN(c3ncnc4nc[nH]c34)CCO2)c1. The van der Waals surface area contributed by atoms with Crippen molar-refractivity contribution in [3.05, 3.63) is 30.6 Å². The molecule has 4 heterocycles. The van der Waals surface area contributed by atoms with Crippen LogP contribution in [0.3, 0.4) is 0 Å². The molecule has 0 aliphatic carbocycles. The second kappa shape index (κ2) is 5.38. The van der Waals surface area contributed by atoms with Crippen molar-refractivity contribution >= 4 is 17.0 Å². The number of rotatable bonds is 3. The first-order valence-corrected chi connectivity index (χ1v) is 7.29. The van der Waals surface area contributed by atoms with Gasteiger partial charge in [-0.1, -0.05) is 0 Å². The van der Waals surface area contributed by atoms with Crippen LogP contribution in [-0.2, 0) is 11.3 Å². The fourth-order valence-electron chi connectivity index (χ4n) is 2.79. The third-order valence-corrected chi connectivity index (χ3v) is 3.79. The van der Waals surface area contributed by atoms with Gasteiger partial charge >= 0.3 is 0 Å². The first-order valence-electron chi connectivity index (χ1n) is 7.29. The van der Waals surface area contributed by atoms with Crippen LogP contribution in [0.15, 0.2) is 25.0 Å². The molecular formula is C14H17N7O. The number of aromatic nitrogens is 6. The molecule has 8 heteroatoms. The number of ether oxygens (including phenoxy) is 1. The van der Waals surface area contributed by atoms with E-state index < -0.39 is 0 Å². The highest BCUT2D eigenvalue weighted by Gasteiger charge is 2.24. The van der Waals surface area contributed by atoms with Gasteiger partial charge in [0.2, 0.25) is 0 Å². The number of H-pyrrole nitrogens is 1. The second-order valence-corrected chi connectivity index (χ2v) is 5.48. The Labute approximate surface area is 127 Å². The number of aryl methyl sites for hydroxylation is 1. The van der Waals surface area contributed by atoms with E-state index in [0.29, 0.717) is 12.3 Å². The average Bonchev–Trinajstić information content (AvgIpc) is 3.16. The van der Waals surface area contributed by atoms with E-state index in [4.69, 9.17) is 4.74 Å². The predicted molar refractivity (Wildman–Crippen MR) is 80.6 cm³/mol. The molecule has 8 nitrogen and oxygen atoms in total. The van der Waals surface area contributed by atoms with Crippen LogP contribution in [-0.4, -0.2) is 55.5 Å². The normalized spacial score (nSPS) is 19.0. The minimum atomic E-state index is 0.0842. The molecule has 22 heavy (non-hydrogen) atoms. The molecule has 0 radical (unpaired) electrons. The smallest absolute Gasteiger partial charge is 0.182 e. The molecule has 114 valence electrons. The number of hydrogen-bond acceptors (Lipinski definition) is 6. The van der Waals surface area contributed by atoms with Gasteiger partial charge in [-0.3, -0.25) is 4.68 Å². The van der Waals surface area contributed by atoms with Gasteiger partial charge in [0.25, 0.3) is 0 Å². The summed E-state index contributed by atoms with van der Waals surface area (Å²) < 4.78 is 7.79. The van der Waals surface area contributed by atoms with Crippen LogP contribution in [0.4, 0.5) is 5.82 Å². The summed E-state index contributed by atoms with van der Waals surface area (Å²) in [5, 5.41) is 4.33. The Kier molecular flexibility index (Phi) is 3.23. The summed E-state index contributed by atoms with van der Waals surface area (Å²) in [5.41, 5.74) is 2.72. The molecule has 0 saturated carbocycles. The van der Waals surface area contributed by atoms with Gasteiger partial charge in [0, 0.05) is 19.3 Å². The fourth-order valence-corrected chi connectivity index (χ4v) is 2.79. The van der Waals surface area contributed by atoms with E-state index in [1.54, 1.807) is 12.7 Å². The Bertz CT molecular complexity index is 780. The lowest BCUT2D eigenvalue weighted by Crippen LogP contribution is -2.44. The van der Waals surface area contributed by atoms with Crippen LogP contribution in [0.25, 0.3) is 11.2 Å². The number of morpholine rings is 1. The molecule has 0 amide bonds. The zero-order chi connectivity index (χ0) is 14.9. The third-order valence-electron chi connectivity index (χ3n) is 3.79. The molecule has 1 N–H and O–H groups in total. The Morgan fingerprint density at radius 3 is 3.18 bits per heavy atom. The first-order chi connectivity index (χ1) is 10.8. The standard InChI is InChI=1S/C14H17N7O/c1-10-4-19-21(5-10)7-11-6-20(2-3-22-11)14-12-13(16-8-15-12)17-9-18-14/h4-5,8-9,11H,2-3,6-7H2,1H3,(H,15,16,17,18). The Balaban J connectivity index is 1.54. The van der Waals surface area contributed by atoms with Crippen LogP contribution in [0.2, 0.25) is 0 Å². The quantitative estimate of drug-likeness (QED) is 0.768. The van der Waals surface area contributed by atoms with Gasteiger partial charge < -0.3 is 14.6 Å². The van der Waals surface area contributed by atoms with E-state index in [-0.39, 0.29) is 6.10 Å². The van der Waals surface area contributed by atoms with Crippen molar-refractivity contribution in [2.75, 3.05) is 24.6 Å². The molecule has 1 unspecified atom stereocenters. The van der Waals surface area contributed by atoms with Crippen molar-refractivity contribution in [2.45, 2.75) is 19.6 Å². The average molecular weight is 299 g/mol. The number of anilines is 1. The molecule has 3 aromatic rings. The molecule has 1 aliphatic heterocycles. The molecule has 1 fully saturated rings. The van der Waals surface area contributed by atoms with Crippen LogP contribution in [0.1, 0.15) is 5.56 Å². The molecule has 0 bridgehead atoms. The number of imidazole rings is 1. The highest BCUT2D eigenvalue weighted by Crippen LogP contribution is 2.22. The van der Waals surface area contributed by atoms with Gasteiger partial charge in [-0.05, 0) is 12.5 Å². The molecular weight excluding hydrogens is 282 g/mol. The number of fused-ring (bicyclic) bond motifs is 1. The van der Waals surface area contributed by atoms with E-state index in [0.717, 1.165) is 36.5 Å². The van der Waals surface area contributed by atoms with Gasteiger partial charge in [-0.15, -0.1) is 0 Å². The zero-order valence-electron chi connectivity index (χ0n) is 12.3. The summed E-state index contributed by atoms with van der Waals surface area (Å²) in [4.78, 5) is 18.1. The summed E-state index contributed by atoms with van der Waals surface area (Å²) in [6.45, 7) is 5.02. The van der Waals surface area contributed by atoms with E-state index in [9.17, 15) is 0 Å². The van der Waals surface area contributed by atoms with Crippen molar-refractivity contribution in [1.29, 1.82) is 0 Å². The van der Waals surface area contributed by atoms with Crippen molar-refractivity contribution in [3.63, 3.8) is 0 Å². The maximum absolute atomic E-state index is 5.86. The molecule has 1 saturated heterocycles. The lowest BCUT2D eigenvalue weighted by atomic mass is 10.2. The number of nitrogens with one attached hydrogen (secondary N) is 1. The van der Waals surface area contributed by atoms with Crippen molar-refractivity contribution in [2.24, 2.45) is 0 Å². The molecule has 0 spiro atoms. The summed E-state index contributed by atoms with van der Waals surface area (Å²) >= 11 is 0. The lowest BCUT2D eigenvalue weighted by Gasteiger charge is -2.33. The second-order valence-electron chi connectivity index (χ2n) is 5.48. The van der Waals surface area contributed by atoms with E-state index in [2.05, 4.69) is 29.9 Å². The highest BCUT2D eigenvalue weighted by atomic mass is 16.5. The molecule has 3 aromatic heterocycles. The van der Waals surface area contributed by atoms with Crippen molar-refractivity contribution in [3.8, 4) is 0 Å². The van der Waals surface area contributed by atoms with Gasteiger partial charge in [-0.25, -0.2) is 15.0 Å². The molecule has 4 rings (SSSR count). The summed E-state index contributed by atoms with van der Waals surface area (Å²) in [7, 11) is 0. The van der Waals surface area contributed by atoms with Gasteiger partial charge in [-0.2, -0.15) is 5.10 Å². The minimum Gasteiger partial charge on any atom is -0.373 e. The topological polar surface area (TPSA) is 84.8 Å². The lowest BCUT2D eigenvalue weighted by molar-refractivity contribution is 0.0272. The maximum Gasteiger partial charge on any atom is 0.182 e. The Morgan fingerprint density at radius 1 is 1.36 bits per heavy atom. The van der Waals surface area contributed by atoms with Gasteiger partial charge in [0.1, 0.15) is 11.8 Å². The molecule has 0 aromatic carbocycles. The number of aromatic amines is 1. The summed E-state index contributed by atoms with van der Waals surface area (Å²) in [6, 6.07) is 0. The number of hydrogen-bond donors (Lipinski definition) is 1. The Hall–Kier alpha value is -2.48. The van der Waals surface area contributed by atoms with E-state index in [1.165, 1.54) is 0 Å². The van der Waals surface area contributed by atoms with Crippen molar-refractivity contribution in [1.82, 2.24) is 29.7 Å².